The lowest BCUT2D eigenvalue weighted by molar-refractivity contribution is 0.0938. The van der Waals surface area contributed by atoms with E-state index >= 15 is 0 Å². The Labute approximate surface area is 187 Å². The van der Waals surface area contributed by atoms with Crippen molar-refractivity contribution in [2.24, 2.45) is 0 Å². The minimum Gasteiger partial charge on any atom is -0.351 e. The molecule has 7 nitrogen and oxygen atoms in total. The molecule has 0 saturated carbocycles. The average molecular weight is 435 g/mol. The van der Waals surface area contributed by atoms with Crippen molar-refractivity contribution in [1.29, 1.82) is 0 Å². The highest BCUT2D eigenvalue weighted by molar-refractivity contribution is 5.97. The molecule has 32 heavy (non-hydrogen) atoms. The molecule has 7 heteroatoms. The van der Waals surface area contributed by atoms with E-state index in [0.29, 0.717) is 42.0 Å². The summed E-state index contributed by atoms with van der Waals surface area (Å²) in [5.41, 5.74) is 1.07. The van der Waals surface area contributed by atoms with E-state index in [-0.39, 0.29) is 11.5 Å². The molecule has 0 aliphatic carbocycles. The van der Waals surface area contributed by atoms with Crippen molar-refractivity contribution in [3.8, 4) is 0 Å². The number of likely N-dealkylation sites (tertiary alicyclic amines) is 1. The molecule has 1 atom stereocenters. The highest BCUT2D eigenvalue weighted by Gasteiger charge is 2.18. The first-order valence-electron chi connectivity index (χ1n) is 11.4. The molecule has 0 radical (unpaired) electrons. The number of aromatic nitrogens is 2. The number of benzene rings is 2. The first kappa shape index (κ1) is 22.0. The van der Waals surface area contributed by atoms with Crippen LogP contribution in [-0.2, 0) is 13.0 Å². The Balaban J connectivity index is 1.45. The van der Waals surface area contributed by atoms with Crippen molar-refractivity contribution in [2.45, 2.75) is 45.2 Å². The molecule has 1 fully saturated rings. The van der Waals surface area contributed by atoms with Gasteiger partial charge in [0.2, 0.25) is 0 Å². The molecular weight excluding hydrogens is 404 g/mol. The number of aryl methyl sites for hydroxylation is 1. The third kappa shape index (κ3) is 4.99. The number of H-pyrrole nitrogens is 1. The van der Waals surface area contributed by atoms with Crippen LogP contribution >= 0.6 is 0 Å². The van der Waals surface area contributed by atoms with Crippen LogP contribution in [0.3, 0.4) is 0 Å². The van der Waals surface area contributed by atoms with Gasteiger partial charge >= 0.3 is 5.69 Å². The van der Waals surface area contributed by atoms with Crippen LogP contribution in [0.1, 0.15) is 42.1 Å². The molecule has 2 N–H and O–H groups in total. The van der Waals surface area contributed by atoms with E-state index in [0.717, 1.165) is 18.7 Å². The zero-order valence-corrected chi connectivity index (χ0v) is 18.5. The van der Waals surface area contributed by atoms with Gasteiger partial charge in [-0.15, -0.1) is 0 Å². The molecule has 3 aromatic rings. The second kappa shape index (κ2) is 9.96. The van der Waals surface area contributed by atoms with Gasteiger partial charge in [0.15, 0.2) is 0 Å². The second-order valence-corrected chi connectivity index (χ2v) is 8.52. The largest absolute Gasteiger partial charge is 0.351 e. The van der Waals surface area contributed by atoms with Gasteiger partial charge in [-0.05, 0) is 56.5 Å². The van der Waals surface area contributed by atoms with Crippen LogP contribution in [0.4, 0.5) is 0 Å². The molecule has 0 spiro atoms. The predicted molar refractivity (Wildman–Crippen MR) is 126 cm³/mol. The molecule has 4 rings (SSSR count). The lowest BCUT2D eigenvalue weighted by Crippen LogP contribution is -2.42. The number of fused-ring (bicyclic) bond motifs is 1. The Bertz CT molecular complexity index is 1200. The summed E-state index contributed by atoms with van der Waals surface area (Å²) in [5.74, 6) is -0.203. The summed E-state index contributed by atoms with van der Waals surface area (Å²) < 4.78 is 1.22. The summed E-state index contributed by atoms with van der Waals surface area (Å²) in [6.45, 7) is 4.99. The van der Waals surface area contributed by atoms with Gasteiger partial charge in [0.25, 0.3) is 11.5 Å². The fourth-order valence-corrected chi connectivity index (χ4v) is 4.39. The quantitative estimate of drug-likeness (QED) is 0.598. The van der Waals surface area contributed by atoms with Gasteiger partial charge in [0.1, 0.15) is 0 Å². The van der Waals surface area contributed by atoms with Crippen LogP contribution in [0.2, 0.25) is 0 Å². The fraction of sp³-hybridized carbons (Fsp3) is 0.400. The maximum Gasteiger partial charge on any atom is 0.328 e. The normalized spacial score (nSPS) is 16.8. The summed E-state index contributed by atoms with van der Waals surface area (Å²) in [4.78, 5) is 43.2. The van der Waals surface area contributed by atoms with E-state index in [2.05, 4.69) is 22.1 Å². The van der Waals surface area contributed by atoms with Crippen LogP contribution in [0.5, 0.6) is 0 Å². The van der Waals surface area contributed by atoms with Crippen molar-refractivity contribution in [3.05, 3.63) is 80.5 Å². The highest BCUT2D eigenvalue weighted by atomic mass is 16.2. The topological polar surface area (TPSA) is 87.2 Å². The van der Waals surface area contributed by atoms with Crippen molar-refractivity contribution < 1.29 is 4.79 Å². The van der Waals surface area contributed by atoms with Crippen molar-refractivity contribution >= 4 is 16.8 Å². The number of rotatable bonds is 7. The number of aromatic amines is 1. The number of nitrogens with one attached hydrogen (secondary N) is 2. The molecule has 1 aliphatic rings. The van der Waals surface area contributed by atoms with E-state index in [1.807, 2.05) is 30.3 Å². The van der Waals surface area contributed by atoms with Gasteiger partial charge < -0.3 is 10.3 Å². The smallest absolute Gasteiger partial charge is 0.328 e. The van der Waals surface area contributed by atoms with E-state index in [4.69, 9.17) is 0 Å². The molecule has 0 bridgehead atoms. The number of nitrogens with zero attached hydrogens (tertiary/aromatic N) is 2. The van der Waals surface area contributed by atoms with Crippen LogP contribution in [-0.4, -0.2) is 46.0 Å². The maximum absolute atomic E-state index is 12.9. The summed E-state index contributed by atoms with van der Waals surface area (Å²) >= 11 is 0. The number of carbonyl (C=O) groups excluding carboxylic acids is 1. The molecule has 2 aromatic carbocycles. The van der Waals surface area contributed by atoms with E-state index in [9.17, 15) is 14.4 Å². The zero-order valence-electron chi connectivity index (χ0n) is 18.5. The summed E-state index contributed by atoms with van der Waals surface area (Å²) in [5, 5.41) is 3.35. The Hall–Kier alpha value is -3.19. The Morgan fingerprint density at radius 1 is 1.09 bits per heavy atom. The van der Waals surface area contributed by atoms with Crippen molar-refractivity contribution in [1.82, 2.24) is 19.8 Å². The lowest BCUT2D eigenvalue weighted by Gasteiger charge is -2.33. The molecule has 1 aliphatic heterocycles. The van der Waals surface area contributed by atoms with Gasteiger partial charge in [0, 0.05) is 31.2 Å². The van der Waals surface area contributed by atoms with E-state index < -0.39 is 5.69 Å². The Morgan fingerprint density at radius 3 is 2.69 bits per heavy atom. The first-order chi connectivity index (χ1) is 15.5. The standard InChI is InChI=1S/C25H30N4O3/c1-18-7-5-6-14-28(18)16-13-26-23(30)20-10-11-21-22(17-20)27-25(32)29(24(21)31)15-12-19-8-3-2-4-9-19/h2-4,8-11,17-18H,5-7,12-16H2,1H3,(H,26,30)(H,27,32)/t18-/m0/s1. The van der Waals surface area contributed by atoms with Gasteiger partial charge in [0.05, 0.1) is 10.9 Å². The fourth-order valence-electron chi connectivity index (χ4n) is 4.39. The maximum atomic E-state index is 12.9. The Morgan fingerprint density at radius 2 is 1.91 bits per heavy atom. The van der Waals surface area contributed by atoms with Gasteiger partial charge in [-0.25, -0.2) is 4.79 Å². The minimum absolute atomic E-state index is 0.203. The van der Waals surface area contributed by atoms with Crippen molar-refractivity contribution in [2.75, 3.05) is 19.6 Å². The predicted octanol–water partition coefficient (Wildman–Crippen LogP) is 2.54. The van der Waals surface area contributed by atoms with Crippen LogP contribution in [0.15, 0.2) is 58.1 Å². The van der Waals surface area contributed by atoms with Gasteiger partial charge in [-0.3, -0.25) is 19.1 Å². The molecule has 0 unspecified atom stereocenters. The molecular formula is C25H30N4O3. The monoisotopic (exact) mass is 434 g/mol. The van der Waals surface area contributed by atoms with Crippen LogP contribution in [0, 0.1) is 0 Å². The highest BCUT2D eigenvalue weighted by Crippen LogP contribution is 2.15. The Kier molecular flexibility index (Phi) is 6.85. The first-order valence-corrected chi connectivity index (χ1v) is 11.4. The molecule has 1 saturated heterocycles. The van der Waals surface area contributed by atoms with Gasteiger partial charge in [-0.1, -0.05) is 36.8 Å². The van der Waals surface area contributed by atoms with E-state index in [1.165, 1.54) is 23.8 Å². The number of hydrogen-bond donors (Lipinski definition) is 2. The molecule has 168 valence electrons. The number of amides is 1. The minimum atomic E-state index is -0.463. The zero-order chi connectivity index (χ0) is 22.5. The summed E-state index contributed by atoms with van der Waals surface area (Å²) in [7, 11) is 0. The summed E-state index contributed by atoms with van der Waals surface area (Å²) in [6, 6.07) is 15.1. The third-order valence-corrected chi connectivity index (χ3v) is 6.34. The van der Waals surface area contributed by atoms with Crippen LogP contribution < -0.4 is 16.6 Å². The lowest BCUT2D eigenvalue weighted by atomic mass is 10.0. The van der Waals surface area contributed by atoms with Crippen molar-refractivity contribution in [3.63, 3.8) is 0 Å². The van der Waals surface area contributed by atoms with Crippen LogP contribution in [0.25, 0.3) is 10.9 Å². The van der Waals surface area contributed by atoms with Gasteiger partial charge in [-0.2, -0.15) is 0 Å². The molecule has 2 heterocycles. The number of piperidine rings is 1. The average Bonchev–Trinajstić information content (AvgIpc) is 2.80. The second-order valence-electron chi connectivity index (χ2n) is 8.52. The third-order valence-electron chi connectivity index (χ3n) is 6.34. The molecule has 1 aromatic heterocycles. The number of carbonyl (C=O) groups is 1. The van der Waals surface area contributed by atoms with E-state index in [1.54, 1.807) is 18.2 Å². The molecule has 1 amide bonds. The summed E-state index contributed by atoms with van der Waals surface area (Å²) in [6.07, 6.45) is 4.27. The SMILES string of the molecule is C[C@H]1CCCCN1CCNC(=O)c1ccc2c(=O)n(CCc3ccccc3)c(=O)[nH]c2c1. The number of hydrogen-bond acceptors (Lipinski definition) is 4.